The van der Waals surface area contributed by atoms with Crippen LogP contribution in [0, 0.1) is 0 Å². The van der Waals surface area contributed by atoms with Gasteiger partial charge < -0.3 is 9.84 Å². The van der Waals surface area contributed by atoms with Crippen molar-refractivity contribution in [2.75, 3.05) is 23.7 Å². The predicted octanol–water partition coefficient (Wildman–Crippen LogP) is 1.93. The molecule has 0 amide bonds. The van der Waals surface area contributed by atoms with Gasteiger partial charge in [-0.15, -0.1) is 0 Å². The molecule has 0 spiro atoms. The molecule has 0 atom stereocenters. The number of carbonyl (C=O) groups excluding carboxylic acids is 2. The average molecular weight is 403 g/mol. The fraction of sp³-hybridized carbons (Fsp3) is 0.300. The van der Waals surface area contributed by atoms with E-state index in [2.05, 4.69) is 0 Å². The minimum absolute atomic E-state index is 0.122. The molecule has 2 aromatic rings. The Morgan fingerprint density at radius 3 is 2.43 bits per heavy atom. The summed E-state index contributed by atoms with van der Waals surface area (Å²) in [6.45, 7) is -0.107. The lowest BCUT2D eigenvalue weighted by Crippen LogP contribution is -2.34. The van der Waals surface area contributed by atoms with Gasteiger partial charge in [-0.3, -0.25) is 9.10 Å². The Morgan fingerprint density at radius 2 is 1.79 bits per heavy atom. The zero-order valence-corrected chi connectivity index (χ0v) is 16.2. The number of ether oxygens (including phenoxy) is 1. The van der Waals surface area contributed by atoms with Crippen molar-refractivity contribution in [1.29, 1.82) is 0 Å². The number of ketones is 1. The molecule has 28 heavy (non-hydrogen) atoms. The molecule has 0 bridgehead atoms. The van der Waals surface area contributed by atoms with Gasteiger partial charge in [0, 0.05) is 12.1 Å². The molecule has 0 saturated heterocycles. The van der Waals surface area contributed by atoms with E-state index in [1.165, 1.54) is 16.4 Å². The number of aryl methyl sites for hydroxylation is 1. The number of aliphatic hydroxyl groups is 1. The number of nitrogens with zero attached hydrogens (tertiary/aromatic N) is 1. The summed E-state index contributed by atoms with van der Waals surface area (Å²) in [7, 11) is -3.37. The number of benzene rings is 2. The highest BCUT2D eigenvalue weighted by Gasteiger charge is 2.24. The third-order valence-electron chi connectivity index (χ3n) is 4.58. The summed E-state index contributed by atoms with van der Waals surface area (Å²) >= 11 is 0. The molecule has 0 aromatic heterocycles. The zero-order valence-electron chi connectivity index (χ0n) is 15.4. The maximum atomic E-state index is 12.4. The zero-order chi connectivity index (χ0) is 20.3. The Bertz CT molecular complexity index is 998. The molecule has 0 saturated carbocycles. The minimum atomic E-state index is -3.37. The Balaban J connectivity index is 1.68. The van der Waals surface area contributed by atoms with Crippen molar-refractivity contribution < 1.29 is 27.9 Å². The van der Waals surface area contributed by atoms with Crippen LogP contribution in [-0.2, 0) is 27.8 Å². The Kier molecular flexibility index (Phi) is 5.81. The Hall–Kier alpha value is -2.71. The fourth-order valence-electron chi connectivity index (χ4n) is 3.12. The Morgan fingerprint density at radius 1 is 1.11 bits per heavy atom. The van der Waals surface area contributed by atoms with E-state index in [9.17, 15) is 18.0 Å². The number of rotatable bonds is 6. The van der Waals surface area contributed by atoms with Crippen LogP contribution in [0.4, 0.5) is 5.69 Å². The summed E-state index contributed by atoms with van der Waals surface area (Å²) in [4.78, 5) is 24.5. The van der Waals surface area contributed by atoms with Gasteiger partial charge in [0.15, 0.2) is 12.4 Å². The summed E-state index contributed by atoms with van der Waals surface area (Å²) in [5, 5.41) is 9.02. The van der Waals surface area contributed by atoms with E-state index in [1.54, 1.807) is 30.3 Å². The van der Waals surface area contributed by atoms with E-state index in [0.29, 0.717) is 41.8 Å². The van der Waals surface area contributed by atoms with Crippen LogP contribution in [0.2, 0.25) is 0 Å². The maximum absolute atomic E-state index is 12.4. The number of anilines is 1. The highest BCUT2D eigenvalue weighted by molar-refractivity contribution is 7.92. The van der Waals surface area contributed by atoms with Gasteiger partial charge in [0.25, 0.3) is 0 Å². The quantitative estimate of drug-likeness (QED) is 0.584. The van der Waals surface area contributed by atoms with Gasteiger partial charge in [-0.2, -0.15) is 0 Å². The standard InChI is InChI=1S/C20H21NO6S/c1-28(25,26)21-10-2-3-16-11-17(8-9-18(16)21)19(23)13-27-20(24)15-6-4-14(12-22)5-7-15/h4-9,11,22H,2-3,10,12-13H2,1H3. The van der Waals surface area contributed by atoms with Gasteiger partial charge in [0.1, 0.15) is 0 Å². The molecule has 0 fully saturated rings. The lowest BCUT2D eigenvalue weighted by molar-refractivity contribution is 0.0474. The fourth-order valence-corrected chi connectivity index (χ4v) is 4.12. The smallest absolute Gasteiger partial charge is 0.338 e. The van der Waals surface area contributed by atoms with E-state index in [-0.39, 0.29) is 12.4 Å². The van der Waals surface area contributed by atoms with Gasteiger partial charge in [-0.1, -0.05) is 12.1 Å². The molecule has 2 aromatic carbocycles. The van der Waals surface area contributed by atoms with E-state index in [4.69, 9.17) is 9.84 Å². The van der Waals surface area contributed by atoms with Gasteiger partial charge in [0.2, 0.25) is 10.0 Å². The first-order valence-corrected chi connectivity index (χ1v) is 10.6. The highest BCUT2D eigenvalue weighted by atomic mass is 32.2. The molecule has 0 radical (unpaired) electrons. The molecule has 1 N–H and O–H groups in total. The molecule has 148 valence electrons. The van der Waals surface area contributed by atoms with Crippen molar-refractivity contribution in [3.05, 3.63) is 64.7 Å². The number of esters is 1. The maximum Gasteiger partial charge on any atom is 0.338 e. The van der Waals surface area contributed by atoms with E-state index < -0.39 is 22.6 Å². The monoisotopic (exact) mass is 403 g/mol. The molecule has 1 heterocycles. The second kappa shape index (κ2) is 8.12. The van der Waals surface area contributed by atoms with Crippen LogP contribution in [0.1, 0.15) is 38.3 Å². The Labute approximate surface area is 163 Å². The first kappa shape index (κ1) is 20.0. The third kappa shape index (κ3) is 4.40. The van der Waals surface area contributed by atoms with Crippen LogP contribution in [0.15, 0.2) is 42.5 Å². The lowest BCUT2D eigenvalue weighted by atomic mass is 9.99. The third-order valence-corrected chi connectivity index (χ3v) is 5.76. The summed E-state index contributed by atoms with van der Waals surface area (Å²) in [5.41, 5.74) is 2.71. The predicted molar refractivity (Wildman–Crippen MR) is 104 cm³/mol. The second-order valence-corrected chi connectivity index (χ2v) is 8.54. The van der Waals surface area contributed by atoms with Gasteiger partial charge in [0.05, 0.1) is 24.1 Å². The SMILES string of the molecule is CS(=O)(=O)N1CCCc2cc(C(=O)COC(=O)c3ccc(CO)cc3)ccc21. The van der Waals surface area contributed by atoms with Crippen LogP contribution in [-0.4, -0.2) is 44.7 Å². The number of carbonyl (C=O) groups is 2. The second-order valence-electron chi connectivity index (χ2n) is 6.64. The summed E-state index contributed by atoms with van der Waals surface area (Å²) in [6, 6.07) is 11.1. The van der Waals surface area contributed by atoms with Crippen LogP contribution in [0.3, 0.4) is 0 Å². The van der Waals surface area contributed by atoms with E-state index in [0.717, 1.165) is 11.8 Å². The van der Waals surface area contributed by atoms with Gasteiger partial charge in [-0.05, 0) is 54.3 Å². The minimum Gasteiger partial charge on any atom is -0.454 e. The largest absolute Gasteiger partial charge is 0.454 e. The van der Waals surface area contributed by atoms with Crippen molar-refractivity contribution >= 4 is 27.5 Å². The number of aliphatic hydroxyl groups excluding tert-OH is 1. The molecule has 0 unspecified atom stereocenters. The van der Waals surface area contributed by atoms with Crippen molar-refractivity contribution in [2.45, 2.75) is 19.4 Å². The summed E-state index contributed by atoms with van der Waals surface area (Å²) < 4.78 is 30.2. The van der Waals surface area contributed by atoms with Crippen molar-refractivity contribution in [3.63, 3.8) is 0 Å². The lowest BCUT2D eigenvalue weighted by Gasteiger charge is -2.29. The number of Topliss-reactive ketones (excluding diaryl/α,β-unsaturated/α-hetero) is 1. The first-order chi connectivity index (χ1) is 13.3. The van der Waals surface area contributed by atoms with Crippen molar-refractivity contribution in [3.8, 4) is 0 Å². The normalized spacial score (nSPS) is 13.7. The summed E-state index contributed by atoms with van der Waals surface area (Å²) in [6.07, 6.45) is 2.52. The average Bonchev–Trinajstić information content (AvgIpc) is 2.70. The molecule has 0 aliphatic carbocycles. The van der Waals surface area contributed by atoms with Gasteiger partial charge >= 0.3 is 5.97 Å². The van der Waals surface area contributed by atoms with E-state index >= 15 is 0 Å². The molecule has 7 nitrogen and oxygen atoms in total. The van der Waals surface area contributed by atoms with Crippen LogP contribution < -0.4 is 4.31 Å². The van der Waals surface area contributed by atoms with Crippen LogP contribution in [0.25, 0.3) is 0 Å². The number of fused-ring (bicyclic) bond motifs is 1. The van der Waals surface area contributed by atoms with Crippen LogP contribution >= 0.6 is 0 Å². The number of hydrogen-bond donors (Lipinski definition) is 1. The number of hydrogen-bond acceptors (Lipinski definition) is 6. The highest BCUT2D eigenvalue weighted by Crippen LogP contribution is 2.30. The summed E-state index contributed by atoms with van der Waals surface area (Å²) in [5.74, 6) is -0.987. The molecular weight excluding hydrogens is 382 g/mol. The van der Waals surface area contributed by atoms with E-state index in [1.807, 2.05) is 0 Å². The molecule has 1 aliphatic rings. The van der Waals surface area contributed by atoms with Crippen molar-refractivity contribution in [2.24, 2.45) is 0 Å². The molecular formula is C20H21NO6S. The number of sulfonamides is 1. The first-order valence-electron chi connectivity index (χ1n) is 8.80. The van der Waals surface area contributed by atoms with Crippen molar-refractivity contribution in [1.82, 2.24) is 0 Å². The molecule has 8 heteroatoms. The van der Waals surface area contributed by atoms with Crippen LogP contribution in [0.5, 0.6) is 0 Å². The molecule has 1 aliphatic heterocycles. The van der Waals surface area contributed by atoms with Gasteiger partial charge in [-0.25, -0.2) is 13.2 Å². The molecule has 3 rings (SSSR count). The topological polar surface area (TPSA) is 101 Å².